The zero-order chi connectivity index (χ0) is 13.6. The second kappa shape index (κ2) is 6.90. The highest BCUT2D eigenvalue weighted by Crippen LogP contribution is 2.25. The number of hydrogen-bond acceptors (Lipinski definition) is 3. The van der Waals surface area contributed by atoms with E-state index in [0.717, 1.165) is 12.8 Å². The zero-order valence-corrected chi connectivity index (χ0v) is 12.4. The molecule has 0 fully saturated rings. The predicted octanol–water partition coefficient (Wildman–Crippen LogP) is 2.83. The molecule has 0 spiro atoms. The van der Waals surface area contributed by atoms with Crippen LogP contribution in [-0.4, -0.2) is 12.5 Å². The van der Waals surface area contributed by atoms with Gasteiger partial charge in [-0.05, 0) is 43.9 Å². The molecule has 0 aliphatic heterocycles. The Labute approximate surface area is 114 Å². The fraction of sp³-hybridized carbons (Fsp3) is 0.643. The fourth-order valence-corrected chi connectivity index (χ4v) is 2.65. The molecule has 1 heterocycles. The van der Waals surface area contributed by atoms with Crippen LogP contribution in [0.2, 0.25) is 0 Å². The molecule has 1 aromatic rings. The summed E-state index contributed by atoms with van der Waals surface area (Å²) in [6.45, 7) is 7.73. The Hall–Kier alpha value is -0.870. The number of carbonyl (C=O) groups is 1. The van der Waals surface area contributed by atoms with E-state index in [0.29, 0.717) is 19.5 Å². The lowest BCUT2D eigenvalue weighted by Gasteiger charge is -2.23. The summed E-state index contributed by atoms with van der Waals surface area (Å²) in [5, 5.41) is 2.97. The van der Waals surface area contributed by atoms with E-state index in [1.165, 1.54) is 9.75 Å². The minimum atomic E-state index is 0.131. The lowest BCUT2D eigenvalue weighted by Crippen LogP contribution is -2.25. The van der Waals surface area contributed by atoms with E-state index in [-0.39, 0.29) is 11.3 Å². The van der Waals surface area contributed by atoms with Crippen molar-refractivity contribution in [1.82, 2.24) is 5.32 Å². The van der Waals surface area contributed by atoms with Crippen molar-refractivity contribution >= 4 is 17.2 Å². The fourth-order valence-electron chi connectivity index (χ4n) is 1.82. The first kappa shape index (κ1) is 15.2. The van der Waals surface area contributed by atoms with Gasteiger partial charge in [-0.3, -0.25) is 4.79 Å². The van der Waals surface area contributed by atoms with Crippen molar-refractivity contribution in [3.05, 3.63) is 21.9 Å². The summed E-state index contributed by atoms with van der Waals surface area (Å²) in [5.41, 5.74) is 5.72. The Morgan fingerprint density at radius 2 is 2.11 bits per heavy atom. The van der Waals surface area contributed by atoms with Crippen LogP contribution in [0.4, 0.5) is 0 Å². The third kappa shape index (κ3) is 5.65. The summed E-state index contributed by atoms with van der Waals surface area (Å²) in [6.07, 6.45) is 2.43. The van der Waals surface area contributed by atoms with Gasteiger partial charge in [-0.2, -0.15) is 0 Å². The first-order chi connectivity index (χ1) is 8.43. The first-order valence-electron chi connectivity index (χ1n) is 6.45. The Kier molecular flexibility index (Phi) is 5.82. The monoisotopic (exact) mass is 268 g/mol. The molecule has 3 nitrogen and oxygen atoms in total. The molecule has 102 valence electrons. The van der Waals surface area contributed by atoms with Gasteiger partial charge in [-0.25, -0.2) is 0 Å². The highest BCUT2D eigenvalue weighted by molar-refractivity contribution is 7.11. The molecule has 1 aromatic heterocycles. The molecule has 1 rings (SSSR count). The SMILES string of the molecule is Cc1ccc(CNC(=O)CCC(C)(C)CCN)s1. The van der Waals surface area contributed by atoms with E-state index >= 15 is 0 Å². The van der Waals surface area contributed by atoms with Gasteiger partial charge in [0, 0.05) is 16.2 Å². The molecule has 0 radical (unpaired) electrons. The molecule has 0 aromatic carbocycles. The normalized spacial score (nSPS) is 11.6. The third-order valence-electron chi connectivity index (χ3n) is 3.11. The molecule has 0 unspecified atom stereocenters. The maximum Gasteiger partial charge on any atom is 0.220 e. The van der Waals surface area contributed by atoms with Crippen LogP contribution < -0.4 is 11.1 Å². The number of hydrogen-bond donors (Lipinski definition) is 2. The molecule has 18 heavy (non-hydrogen) atoms. The van der Waals surface area contributed by atoms with E-state index < -0.39 is 0 Å². The van der Waals surface area contributed by atoms with Crippen molar-refractivity contribution < 1.29 is 4.79 Å². The number of nitrogens with one attached hydrogen (secondary N) is 1. The number of thiophene rings is 1. The van der Waals surface area contributed by atoms with Crippen molar-refractivity contribution in [2.45, 2.75) is 46.6 Å². The van der Waals surface area contributed by atoms with E-state index in [1.54, 1.807) is 11.3 Å². The van der Waals surface area contributed by atoms with Gasteiger partial charge >= 0.3 is 0 Å². The molecule has 0 bridgehead atoms. The van der Waals surface area contributed by atoms with E-state index in [1.807, 2.05) is 0 Å². The summed E-state index contributed by atoms with van der Waals surface area (Å²) in [6, 6.07) is 4.15. The van der Waals surface area contributed by atoms with Gasteiger partial charge < -0.3 is 11.1 Å². The minimum absolute atomic E-state index is 0.131. The summed E-state index contributed by atoms with van der Waals surface area (Å²) in [5.74, 6) is 0.131. The van der Waals surface area contributed by atoms with Gasteiger partial charge in [0.2, 0.25) is 5.91 Å². The molecule has 0 saturated heterocycles. The number of carbonyl (C=O) groups excluding carboxylic acids is 1. The smallest absolute Gasteiger partial charge is 0.220 e. The van der Waals surface area contributed by atoms with Gasteiger partial charge in [-0.15, -0.1) is 11.3 Å². The molecule has 0 saturated carbocycles. The molecular weight excluding hydrogens is 244 g/mol. The number of aryl methyl sites for hydroxylation is 1. The molecule has 1 amide bonds. The Balaban J connectivity index is 2.26. The highest BCUT2D eigenvalue weighted by atomic mass is 32.1. The van der Waals surface area contributed by atoms with Crippen LogP contribution in [-0.2, 0) is 11.3 Å². The van der Waals surface area contributed by atoms with Gasteiger partial charge in [0.05, 0.1) is 6.54 Å². The minimum Gasteiger partial charge on any atom is -0.351 e. The van der Waals surface area contributed by atoms with Gasteiger partial charge in [-0.1, -0.05) is 13.8 Å². The Morgan fingerprint density at radius 1 is 1.39 bits per heavy atom. The van der Waals surface area contributed by atoms with Gasteiger partial charge in [0.1, 0.15) is 0 Å². The summed E-state index contributed by atoms with van der Waals surface area (Å²) in [4.78, 5) is 14.2. The molecule has 0 aliphatic rings. The van der Waals surface area contributed by atoms with Crippen LogP contribution in [0.25, 0.3) is 0 Å². The summed E-state index contributed by atoms with van der Waals surface area (Å²) >= 11 is 1.73. The maximum absolute atomic E-state index is 11.7. The van der Waals surface area contributed by atoms with Crippen LogP contribution in [0.5, 0.6) is 0 Å². The third-order valence-corrected chi connectivity index (χ3v) is 4.11. The lowest BCUT2D eigenvalue weighted by molar-refractivity contribution is -0.121. The van der Waals surface area contributed by atoms with Gasteiger partial charge in [0.15, 0.2) is 0 Å². The second-order valence-electron chi connectivity index (χ2n) is 5.49. The van der Waals surface area contributed by atoms with Crippen molar-refractivity contribution in [2.24, 2.45) is 11.1 Å². The Morgan fingerprint density at radius 3 is 2.67 bits per heavy atom. The summed E-state index contributed by atoms with van der Waals surface area (Å²) < 4.78 is 0. The lowest BCUT2D eigenvalue weighted by atomic mass is 9.84. The number of nitrogens with two attached hydrogens (primary N) is 1. The van der Waals surface area contributed by atoms with Crippen LogP contribution in [0.3, 0.4) is 0 Å². The Bertz CT molecular complexity index is 385. The zero-order valence-electron chi connectivity index (χ0n) is 11.6. The first-order valence-corrected chi connectivity index (χ1v) is 7.27. The molecule has 0 aliphatic carbocycles. The standard InChI is InChI=1S/C14H24N2OS/c1-11-4-5-12(18-11)10-16-13(17)6-7-14(2,3)8-9-15/h4-5H,6-10,15H2,1-3H3,(H,16,17). The predicted molar refractivity (Wildman–Crippen MR) is 77.6 cm³/mol. The molecule has 4 heteroatoms. The van der Waals surface area contributed by atoms with E-state index in [4.69, 9.17) is 5.73 Å². The summed E-state index contributed by atoms with van der Waals surface area (Å²) in [7, 11) is 0. The average Bonchev–Trinajstić information content (AvgIpc) is 2.70. The van der Waals surface area contributed by atoms with Crippen LogP contribution in [0, 0.1) is 12.3 Å². The molecular formula is C14H24N2OS. The average molecular weight is 268 g/mol. The van der Waals surface area contributed by atoms with Crippen molar-refractivity contribution in [3.8, 4) is 0 Å². The quantitative estimate of drug-likeness (QED) is 0.799. The van der Waals surface area contributed by atoms with E-state index in [9.17, 15) is 4.79 Å². The van der Waals surface area contributed by atoms with E-state index in [2.05, 4.69) is 38.2 Å². The van der Waals surface area contributed by atoms with Crippen molar-refractivity contribution in [2.75, 3.05) is 6.54 Å². The molecule has 0 atom stereocenters. The van der Waals surface area contributed by atoms with Gasteiger partial charge in [0.25, 0.3) is 0 Å². The van der Waals surface area contributed by atoms with Crippen molar-refractivity contribution in [1.29, 1.82) is 0 Å². The van der Waals surface area contributed by atoms with Crippen LogP contribution >= 0.6 is 11.3 Å². The number of rotatable bonds is 7. The maximum atomic E-state index is 11.7. The topological polar surface area (TPSA) is 55.1 Å². The largest absolute Gasteiger partial charge is 0.351 e. The van der Waals surface area contributed by atoms with Crippen LogP contribution in [0.1, 0.15) is 42.9 Å². The highest BCUT2D eigenvalue weighted by Gasteiger charge is 2.18. The number of amides is 1. The van der Waals surface area contributed by atoms with Crippen LogP contribution in [0.15, 0.2) is 12.1 Å². The second-order valence-corrected chi connectivity index (χ2v) is 6.86. The molecule has 3 N–H and O–H groups in total. The van der Waals surface area contributed by atoms with Crippen molar-refractivity contribution in [3.63, 3.8) is 0 Å².